The van der Waals surface area contributed by atoms with E-state index in [4.69, 9.17) is 10.5 Å². The second-order valence-corrected chi connectivity index (χ2v) is 5.17. The Hall–Kier alpha value is -1.89. The van der Waals surface area contributed by atoms with Gasteiger partial charge in [0.25, 0.3) is 0 Å². The predicted molar refractivity (Wildman–Crippen MR) is 73.1 cm³/mol. The number of aromatic nitrogens is 4. The van der Waals surface area contributed by atoms with E-state index >= 15 is 0 Å². The molecule has 2 rings (SSSR count). The van der Waals surface area contributed by atoms with Crippen molar-refractivity contribution < 1.29 is 4.74 Å². The molecule has 0 aliphatic heterocycles. The molecule has 100 valence electrons. The van der Waals surface area contributed by atoms with Crippen LogP contribution < -0.4 is 10.5 Å². The fraction of sp³-hybridized carbons (Fsp3) is 0.333. The molecule has 0 aliphatic rings. The van der Waals surface area contributed by atoms with Gasteiger partial charge in [0.2, 0.25) is 5.88 Å². The lowest BCUT2D eigenvalue weighted by Gasteiger charge is -2.11. The molecule has 6 nitrogen and oxygen atoms in total. The van der Waals surface area contributed by atoms with E-state index in [1.54, 1.807) is 12.4 Å². The van der Waals surface area contributed by atoms with Gasteiger partial charge in [0.15, 0.2) is 5.16 Å². The molecule has 0 spiro atoms. The Balaban J connectivity index is 2.23. The highest BCUT2D eigenvalue weighted by atomic mass is 32.2. The van der Waals surface area contributed by atoms with Crippen molar-refractivity contribution in [3.05, 3.63) is 24.3 Å². The minimum atomic E-state index is 0.00525. The van der Waals surface area contributed by atoms with Crippen LogP contribution in [0.4, 0.5) is 5.69 Å². The molecular formula is C12H15N5OS. The average Bonchev–Trinajstić information content (AvgIpc) is 2.36. The number of nitrogen functional groups attached to an aromatic ring is 1. The minimum Gasteiger partial charge on any atom is -0.473 e. The van der Waals surface area contributed by atoms with E-state index in [0.717, 1.165) is 5.56 Å². The number of hydrogen-bond acceptors (Lipinski definition) is 7. The van der Waals surface area contributed by atoms with E-state index < -0.39 is 0 Å². The topological polar surface area (TPSA) is 86.8 Å². The van der Waals surface area contributed by atoms with Gasteiger partial charge in [-0.15, -0.1) is 0 Å². The van der Waals surface area contributed by atoms with Crippen molar-refractivity contribution in [2.24, 2.45) is 0 Å². The molecule has 0 unspecified atom stereocenters. The van der Waals surface area contributed by atoms with E-state index in [0.29, 0.717) is 21.7 Å². The molecule has 0 radical (unpaired) electrons. The third kappa shape index (κ3) is 3.54. The van der Waals surface area contributed by atoms with Crippen LogP contribution in [0.5, 0.6) is 5.88 Å². The number of nitrogens with two attached hydrogens (primary N) is 1. The van der Waals surface area contributed by atoms with Crippen molar-refractivity contribution in [2.75, 3.05) is 5.73 Å². The quantitative estimate of drug-likeness (QED) is 0.676. The monoisotopic (exact) mass is 277 g/mol. The molecule has 0 bridgehead atoms. The third-order valence-electron chi connectivity index (χ3n) is 2.10. The molecule has 2 heterocycles. The number of aryl methyl sites for hydroxylation is 1. The fourth-order valence-electron chi connectivity index (χ4n) is 1.28. The van der Waals surface area contributed by atoms with Crippen LogP contribution in [0.1, 0.15) is 19.4 Å². The Kier molecular flexibility index (Phi) is 4.16. The summed E-state index contributed by atoms with van der Waals surface area (Å²) in [5.41, 5.74) is 7.39. The van der Waals surface area contributed by atoms with Crippen molar-refractivity contribution in [3.63, 3.8) is 0 Å². The molecule has 19 heavy (non-hydrogen) atoms. The molecule has 0 atom stereocenters. The molecule has 0 saturated heterocycles. The summed E-state index contributed by atoms with van der Waals surface area (Å²) in [6.45, 7) is 5.76. The lowest BCUT2D eigenvalue weighted by atomic mass is 10.4. The molecule has 7 heteroatoms. The highest BCUT2D eigenvalue weighted by Crippen LogP contribution is 2.32. The number of nitrogens with zero attached hydrogens (tertiary/aromatic N) is 4. The summed E-state index contributed by atoms with van der Waals surface area (Å²) in [6.07, 6.45) is 4.92. The first-order valence-corrected chi connectivity index (χ1v) is 6.61. The smallest absolute Gasteiger partial charge is 0.241 e. The number of hydrogen-bond donors (Lipinski definition) is 1. The van der Waals surface area contributed by atoms with Crippen molar-refractivity contribution in [2.45, 2.75) is 37.1 Å². The number of anilines is 1. The second kappa shape index (κ2) is 5.83. The molecule has 0 aromatic carbocycles. The molecule has 0 fully saturated rings. The standard InChI is InChI=1S/C12H15N5OS/c1-7(2)18-10-9(13)11(17-6-16-10)19-12-14-4-8(3)5-15-12/h4-7H,13H2,1-3H3. The zero-order valence-electron chi connectivity index (χ0n) is 11.0. The molecule has 2 N–H and O–H groups in total. The van der Waals surface area contributed by atoms with Gasteiger partial charge in [-0.3, -0.25) is 0 Å². The summed E-state index contributed by atoms with van der Waals surface area (Å²) in [6, 6.07) is 0. The van der Waals surface area contributed by atoms with Crippen molar-refractivity contribution in [1.29, 1.82) is 0 Å². The van der Waals surface area contributed by atoms with Gasteiger partial charge < -0.3 is 10.5 Å². The summed E-state index contributed by atoms with van der Waals surface area (Å²) in [5.74, 6) is 0.389. The summed E-state index contributed by atoms with van der Waals surface area (Å²) in [7, 11) is 0. The Morgan fingerprint density at radius 3 is 2.47 bits per heavy atom. The van der Waals surface area contributed by atoms with Crippen LogP contribution in [-0.4, -0.2) is 26.0 Å². The van der Waals surface area contributed by atoms with E-state index in [-0.39, 0.29) is 6.10 Å². The fourth-order valence-corrected chi connectivity index (χ4v) is 1.96. The van der Waals surface area contributed by atoms with Gasteiger partial charge in [-0.1, -0.05) is 0 Å². The largest absolute Gasteiger partial charge is 0.473 e. The van der Waals surface area contributed by atoms with Crippen LogP contribution >= 0.6 is 11.8 Å². The van der Waals surface area contributed by atoms with Crippen molar-refractivity contribution in [3.8, 4) is 5.88 Å². The zero-order chi connectivity index (χ0) is 13.8. The summed E-state index contributed by atoms with van der Waals surface area (Å²) in [4.78, 5) is 16.6. The highest BCUT2D eigenvalue weighted by molar-refractivity contribution is 7.99. The lowest BCUT2D eigenvalue weighted by molar-refractivity contribution is 0.233. The van der Waals surface area contributed by atoms with Crippen LogP contribution in [-0.2, 0) is 0 Å². The van der Waals surface area contributed by atoms with Crippen LogP contribution in [0.15, 0.2) is 28.9 Å². The molecule has 0 saturated carbocycles. The van der Waals surface area contributed by atoms with Crippen molar-refractivity contribution >= 4 is 17.4 Å². The van der Waals surface area contributed by atoms with E-state index in [2.05, 4.69) is 19.9 Å². The minimum absolute atomic E-state index is 0.00525. The number of rotatable bonds is 4. The van der Waals surface area contributed by atoms with Gasteiger partial charge in [0, 0.05) is 12.4 Å². The molecule has 2 aromatic heterocycles. The zero-order valence-corrected chi connectivity index (χ0v) is 11.8. The molecule has 0 aliphatic carbocycles. The molecule has 2 aromatic rings. The van der Waals surface area contributed by atoms with Gasteiger partial charge >= 0.3 is 0 Å². The normalized spacial score (nSPS) is 10.7. The average molecular weight is 277 g/mol. The van der Waals surface area contributed by atoms with E-state index in [1.807, 2.05) is 20.8 Å². The van der Waals surface area contributed by atoms with Gasteiger partial charge in [-0.2, -0.15) is 4.98 Å². The van der Waals surface area contributed by atoms with Gasteiger partial charge in [-0.05, 0) is 38.1 Å². The second-order valence-electron chi connectivity index (χ2n) is 4.21. The first-order valence-electron chi connectivity index (χ1n) is 5.80. The maximum absolute atomic E-state index is 5.98. The van der Waals surface area contributed by atoms with Crippen LogP contribution in [0.2, 0.25) is 0 Å². The SMILES string of the molecule is Cc1cnc(Sc2ncnc(OC(C)C)c2N)nc1. The maximum atomic E-state index is 5.98. The summed E-state index contributed by atoms with van der Waals surface area (Å²) >= 11 is 1.29. The van der Waals surface area contributed by atoms with Crippen LogP contribution in [0, 0.1) is 6.92 Å². The van der Waals surface area contributed by atoms with Gasteiger partial charge in [0.05, 0.1) is 6.10 Å². The van der Waals surface area contributed by atoms with Gasteiger partial charge in [0.1, 0.15) is 17.0 Å². The molecule has 0 amide bonds. The van der Waals surface area contributed by atoms with E-state index in [1.165, 1.54) is 18.1 Å². The Bertz CT molecular complexity index is 559. The molecular weight excluding hydrogens is 262 g/mol. The summed E-state index contributed by atoms with van der Waals surface area (Å²) < 4.78 is 5.51. The summed E-state index contributed by atoms with van der Waals surface area (Å²) in [5, 5.41) is 1.18. The predicted octanol–water partition coefficient (Wildman–Crippen LogP) is 2.10. The first kappa shape index (κ1) is 13.5. The third-order valence-corrected chi connectivity index (χ3v) is 3.02. The Morgan fingerprint density at radius 1 is 1.16 bits per heavy atom. The Morgan fingerprint density at radius 2 is 1.84 bits per heavy atom. The van der Waals surface area contributed by atoms with Gasteiger partial charge in [-0.25, -0.2) is 15.0 Å². The maximum Gasteiger partial charge on any atom is 0.241 e. The van der Waals surface area contributed by atoms with Crippen molar-refractivity contribution in [1.82, 2.24) is 19.9 Å². The lowest BCUT2D eigenvalue weighted by Crippen LogP contribution is -2.10. The van der Waals surface area contributed by atoms with E-state index in [9.17, 15) is 0 Å². The first-order chi connectivity index (χ1) is 9.06. The van der Waals surface area contributed by atoms with Crippen LogP contribution in [0.3, 0.4) is 0 Å². The highest BCUT2D eigenvalue weighted by Gasteiger charge is 2.13. The van der Waals surface area contributed by atoms with Crippen LogP contribution in [0.25, 0.3) is 0 Å². The Labute approximate surface area is 115 Å². The number of ether oxygens (including phenoxy) is 1.